The van der Waals surface area contributed by atoms with Crippen LogP contribution in [-0.2, 0) is 0 Å². The van der Waals surface area contributed by atoms with Gasteiger partial charge in [-0.1, -0.05) is 12.8 Å². The summed E-state index contributed by atoms with van der Waals surface area (Å²) in [4.78, 5) is 7.21. The van der Waals surface area contributed by atoms with Crippen LogP contribution in [0.1, 0.15) is 44.0 Å². The highest BCUT2D eigenvalue weighted by atomic mass is 15.3. The van der Waals surface area contributed by atoms with E-state index in [1.165, 1.54) is 37.1 Å². The van der Waals surface area contributed by atoms with Crippen LogP contribution in [0, 0.1) is 13.8 Å². The molecule has 0 amide bonds. The van der Waals surface area contributed by atoms with Gasteiger partial charge in [0.25, 0.3) is 0 Å². The van der Waals surface area contributed by atoms with Gasteiger partial charge in [0.1, 0.15) is 0 Å². The Balaban J connectivity index is 1.89. The number of rotatable bonds is 1. The lowest BCUT2D eigenvalue weighted by atomic mass is 9.92. The summed E-state index contributed by atoms with van der Waals surface area (Å²) in [6.07, 6.45) is 5.41. The molecule has 0 bridgehead atoms. The first-order valence-electron chi connectivity index (χ1n) is 7.56. The molecule has 1 aliphatic carbocycles. The molecule has 2 aliphatic rings. The third-order valence-electron chi connectivity index (χ3n) is 4.84. The van der Waals surface area contributed by atoms with Crippen molar-refractivity contribution in [3.05, 3.63) is 23.5 Å². The van der Waals surface area contributed by atoms with Crippen molar-refractivity contribution < 1.29 is 0 Å². The molecular formula is C16H25N3. The summed E-state index contributed by atoms with van der Waals surface area (Å²) in [7, 11) is 0. The van der Waals surface area contributed by atoms with E-state index in [9.17, 15) is 0 Å². The molecule has 1 aliphatic heterocycles. The maximum Gasteiger partial charge on any atom is 0.0609 e. The van der Waals surface area contributed by atoms with Gasteiger partial charge < -0.3 is 10.2 Å². The number of anilines is 1. The van der Waals surface area contributed by atoms with Crippen LogP contribution in [0.3, 0.4) is 0 Å². The molecule has 3 rings (SSSR count). The molecule has 2 fully saturated rings. The van der Waals surface area contributed by atoms with Crippen molar-refractivity contribution in [3.63, 3.8) is 0 Å². The average molecular weight is 259 g/mol. The van der Waals surface area contributed by atoms with Gasteiger partial charge in [0, 0.05) is 30.4 Å². The molecule has 1 aromatic heterocycles. The highest BCUT2D eigenvalue weighted by Gasteiger charge is 2.40. The molecule has 104 valence electrons. The van der Waals surface area contributed by atoms with Crippen LogP contribution < -0.4 is 10.2 Å². The highest BCUT2D eigenvalue weighted by molar-refractivity contribution is 5.52. The Bertz CT molecular complexity index is 463. The van der Waals surface area contributed by atoms with Gasteiger partial charge in [0.05, 0.1) is 11.4 Å². The van der Waals surface area contributed by atoms with Crippen LogP contribution in [0.4, 0.5) is 5.69 Å². The average Bonchev–Trinajstić information content (AvgIpc) is 2.82. The molecule has 1 atom stereocenters. The fourth-order valence-corrected chi connectivity index (χ4v) is 3.70. The number of piperazine rings is 1. The molecule has 1 spiro atoms. The highest BCUT2D eigenvalue weighted by Crippen LogP contribution is 2.35. The Morgan fingerprint density at radius 3 is 2.68 bits per heavy atom. The van der Waals surface area contributed by atoms with E-state index >= 15 is 0 Å². The van der Waals surface area contributed by atoms with E-state index in [2.05, 4.69) is 48.1 Å². The van der Waals surface area contributed by atoms with E-state index in [1.54, 1.807) is 0 Å². The predicted octanol–water partition coefficient (Wildman–Crippen LogP) is 2.81. The Morgan fingerprint density at radius 2 is 2.00 bits per heavy atom. The zero-order chi connectivity index (χ0) is 13.5. The molecule has 19 heavy (non-hydrogen) atoms. The fourth-order valence-electron chi connectivity index (χ4n) is 3.70. The van der Waals surface area contributed by atoms with E-state index in [0.29, 0.717) is 11.6 Å². The largest absolute Gasteiger partial charge is 0.364 e. The summed E-state index contributed by atoms with van der Waals surface area (Å²) < 4.78 is 0. The second-order valence-electron chi connectivity index (χ2n) is 6.40. The fraction of sp³-hybridized carbons (Fsp3) is 0.688. The van der Waals surface area contributed by atoms with E-state index in [4.69, 9.17) is 0 Å². The molecule has 0 radical (unpaired) electrons. The topological polar surface area (TPSA) is 28.2 Å². The standard InChI is InChI=1S/C16H25N3/c1-12-6-7-15(14(3)18-12)19-11-16(8-4-5-9-16)17-10-13(19)2/h6-7,13,17H,4-5,8-11H2,1-3H3. The molecule has 1 saturated carbocycles. The zero-order valence-electron chi connectivity index (χ0n) is 12.4. The summed E-state index contributed by atoms with van der Waals surface area (Å²) in [5.74, 6) is 0. The van der Waals surface area contributed by atoms with Crippen molar-refractivity contribution in [1.29, 1.82) is 0 Å². The molecule has 1 aromatic rings. The number of pyridine rings is 1. The van der Waals surface area contributed by atoms with Crippen LogP contribution in [0.15, 0.2) is 12.1 Å². The summed E-state index contributed by atoms with van der Waals surface area (Å²) in [6.45, 7) is 8.75. The van der Waals surface area contributed by atoms with Gasteiger partial charge in [-0.3, -0.25) is 4.98 Å². The van der Waals surface area contributed by atoms with E-state index < -0.39 is 0 Å². The molecule has 1 unspecified atom stereocenters. The number of nitrogens with zero attached hydrogens (tertiary/aromatic N) is 2. The Morgan fingerprint density at radius 1 is 1.26 bits per heavy atom. The Labute approximate surface area is 116 Å². The maximum absolute atomic E-state index is 4.64. The van der Waals surface area contributed by atoms with Crippen LogP contribution in [0.5, 0.6) is 0 Å². The van der Waals surface area contributed by atoms with Gasteiger partial charge in [0.15, 0.2) is 0 Å². The molecule has 2 heterocycles. The lowest BCUT2D eigenvalue weighted by Gasteiger charge is -2.46. The third-order valence-corrected chi connectivity index (χ3v) is 4.84. The Kier molecular flexibility index (Phi) is 3.25. The second kappa shape index (κ2) is 4.78. The minimum absolute atomic E-state index is 0.365. The molecule has 0 aromatic carbocycles. The molecule has 3 heteroatoms. The summed E-state index contributed by atoms with van der Waals surface area (Å²) in [6, 6.07) is 4.94. The minimum atomic E-state index is 0.365. The van der Waals surface area contributed by atoms with Gasteiger partial charge in [-0.05, 0) is 45.7 Å². The van der Waals surface area contributed by atoms with Gasteiger partial charge in [-0.15, -0.1) is 0 Å². The third kappa shape index (κ3) is 2.36. The van der Waals surface area contributed by atoms with Crippen molar-refractivity contribution in [3.8, 4) is 0 Å². The Hall–Kier alpha value is -1.09. The number of aromatic nitrogens is 1. The van der Waals surface area contributed by atoms with Gasteiger partial charge in [-0.2, -0.15) is 0 Å². The van der Waals surface area contributed by atoms with E-state index in [-0.39, 0.29) is 0 Å². The maximum atomic E-state index is 4.64. The summed E-state index contributed by atoms with van der Waals surface area (Å²) in [5.41, 5.74) is 3.97. The summed E-state index contributed by atoms with van der Waals surface area (Å²) in [5, 5.41) is 3.81. The number of aryl methyl sites for hydroxylation is 2. The zero-order valence-corrected chi connectivity index (χ0v) is 12.4. The lowest BCUT2D eigenvalue weighted by molar-refractivity contribution is 0.276. The number of nitrogens with one attached hydrogen (secondary N) is 1. The van der Waals surface area contributed by atoms with Gasteiger partial charge >= 0.3 is 0 Å². The minimum Gasteiger partial charge on any atom is -0.364 e. The number of hydrogen-bond donors (Lipinski definition) is 1. The molecule has 3 nitrogen and oxygen atoms in total. The quantitative estimate of drug-likeness (QED) is 0.840. The van der Waals surface area contributed by atoms with E-state index in [0.717, 1.165) is 18.8 Å². The van der Waals surface area contributed by atoms with Crippen molar-refractivity contribution >= 4 is 5.69 Å². The van der Waals surface area contributed by atoms with Crippen LogP contribution in [0.25, 0.3) is 0 Å². The predicted molar refractivity (Wildman–Crippen MR) is 79.7 cm³/mol. The van der Waals surface area contributed by atoms with Gasteiger partial charge in [0.2, 0.25) is 0 Å². The van der Waals surface area contributed by atoms with Gasteiger partial charge in [-0.25, -0.2) is 0 Å². The van der Waals surface area contributed by atoms with Crippen LogP contribution >= 0.6 is 0 Å². The van der Waals surface area contributed by atoms with Crippen molar-refractivity contribution in [1.82, 2.24) is 10.3 Å². The molecule has 1 saturated heterocycles. The first kappa shape index (κ1) is 12.9. The SMILES string of the molecule is Cc1ccc(N2CC3(CCCC3)NCC2C)c(C)n1. The smallest absolute Gasteiger partial charge is 0.0609 e. The number of hydrogen-bond acceptors (Lipinski definition) is 3. The monoisotopic (exact) mass is 259 g/mol. The van der Waals surface area contributed by atoms with E-state index in [1.807, 2.05) is 0 Å². The van der Waals surface area contributed by atoms with Crippen LogP contribution in [-0.4, -0.2) is 29.7 Å². The molecule has 1 N–H and O–H groups in total. The second-order valence-corrected chi connectivity index (χ2v) is 6.40. The van der Waals surface area contributed by atoms with Crippen molar-refractivity contribution in [2.24, 2.45) is 0 Å². The summed E-state index contributed by atoms with van der Waals surface area (Å²) >= 11 is 0. The van der Waals surface area contributed by atoms with Crippen molar-refractivity contribution in [2.75, 3.05) is 18.0 Å². The van der Waals surface area contributed by atoms with Crippen molar-refractivity contribution in [2.45, 2.75) is 58.0 Å². The first-order chi connectivity index (χ1) is 9.10. The normalized spacial score (nSPS) is 26.1. The lowest BCUT2D eigenvalue weighted by Crippen LogP contribution is -2.62. The first-order valence-corrected chi connectivity index (χ1v) is 7.56. The molecular weight excluding hydrogens is 234 g/mol. The van der Waals surface area contributed by atoms with Crippen LogP contribution in [0.2, 0.25) is 0 Å².